The lowest BCUT2D eigenvalue weighted by molar-refractivity contribution is 0.398. The highest BCUT2D eigenvalue weighted by molar-refractivity contribution is 6.30. The molecule has 112 valence electrons. The monoisotopic (exact) mass is 308 g/mol. The molecule has 1 unspecified atom stereocenters. The minimum absolute atomic E-state index is 0.115. The maximum Gasteiger partial charge on any atom is 0.142 e. The van der Waals surface area contributed by atoms with Crippen LogP contribution in [0.4, 0.5) is 4.39 Å². The van der Waals surface area contributed by atoms with Gasteiger partial charge in [-0.25, -0.2) is 4.39 Å². The zero-order valence-corrected chi connectivity index (χ0v) is 12.7. The molecule has 0 saturated heterocycles. The number of aryl methyl sites for hydroxylation is 1. The minimum atomic E-state index is -0.430. The maximum atomic E-state index is 13.5. The quantitative estimate of drug-likeness (QED) is 0.656. The Morgan fingerprint density at radius 2 is 2.05 bits per heavy atom. The fraction of sp³-hybridized carbons (Fsp3) is 0.250. The molecular formula is C16H18ClFN2O. The molecule has 3 nitrogen and oxygen atoms in total. The second-order valence-corrected chi connectivity index (χ2v) is 5.32. The zero-order valence-electron chi connectivity index (χ0n) is 12.0. The van der Waals surface area contributed by atoms with Crippen molar-refractivity contribution in [2.45, 2.75) is 19.4 Å². The number of nitrogens with one attached hydrogen (secondary N) is 1. The highest BCUT2D eigenvalue weighted by atomic mass is 35.5. The summed E-state index contributed by atoms with van der Waals surface area (Å²) in [7, 11) is 1.62. The Kier molecular flexibility index (Phi) is 5.17. The summed E-state index contributed by atoms with van der Waals surface area (Å²) in [4.78, 5) is 0. The zero-order chi connectivity index (χ0) is 15.4. The molecule has 0 radical (unpaired) electrons. The highest BCUT2D eigenvalue weighted by Gasteiger charge is 2.16. The van der Waals surface area contributed by atoms with Gasteiger partial charge < -0.3 is 4.74 Å². The SMILES string of the molecule is COc1cc(C)ccc1C(Cc1ccc(Cl)c(F)c1)NN. The van der Waals surface area contributed by atoms with Crippen molar-refractivity contribution in [3.63, 3.8) is 0 Å². The van der Waals surface area contributed by atoms with E-state index in [1.54, 1.807) is 19.2 Å². The molecule has 0 aliphatic heterocycles. The topological polar surface area (TPSA) is 47.3 Å². The van der Waals surface area contributed by atoms with Crippen molar-refractivity contribution in [3.8, 4) is 5.75 Å². The molecule has 2 aromatic carbocycles. The molecule has 2 aromatic rings. The second kappa shape index (κ2) is 6.89. The van der Waals surface area contributed by atoms with Crippen LogP contribution in [0.2, 0.25) is 5.02 Å². The van der Waals surface area contributed by atoms with Crippen molar-refractivity contribution in [1.82, 2.24) is 5.43 Å². The van der Waals surface area contributed by atoms with Gasteiger partial charge in [-0.3, -0.25) is 11.3 Å². The molecule has 0 fully saturated rings. The third-order valence-electron chi connectivity index (χ3n) is 3.39. The minimum Gasteiger partial charge on any atom is -0.496 e. The molecule has 0 aromatic heterocycles. The van der Waals surface area contributed by atoms with Gasteiger partial charge in [-0.15, -0.1) is 0 Å². The molecule has 0 aliphatic carbocycles. The van der Waals surface area contributed by atoms with Crippen LogP contribution in [-0.2, 0) is 6.42 Å². The Balaban J connectivity index is 2.29. The third kappa shape index (κ3) is 3.73. The van der Waals surface area contributed by atoms with E-state index in [0.29, 0.717) is 6.42 Å². The van der Waals surface area contributed by atoms with Gasteiger partial charge in [-0.1, -0.05) is 29.8 Å². The van der Waals surface area contributed by atoms with E-state index in [2.05, 4.69) is 5.43 Å². The van der Waals surface area contributed by atoms with Gasteiger partial charge in [-0.2, -0.15) is 0 Å². The van der Waals surface area contributed by atoms with Gasteiger partial charge in [0.1, 0.15) is 11.6 Å². The summed E-state index contributed by atoms with van der Waals surface area (Å²) >= 11 is 5.70. The summed E-state index contributed by atoms with van der Waals surface area (Å²) in [6, 6.07) is 10.5. The molecule has 3 N–H and O–H groups in total. The van der Waals surface area contributed by atoms with E-state index < -0.39 is 5.82 Å². The van der Waals surface area contributed by atoms with Crippen LogP contribution in [-0.4, -0.2) is 7.11 Å². The van der Waals surface area contributed by atoms with E-state index in [0.717, 1.165) is 22.4 Å². The predicted molar refractivity (Wildman–Crippen MR) is 82.9 cm³/mol. The van der Waals surface area contributed by atoms with Crippen molar-refractivity contribution in [3.05, 3.63) is 63.9 Å². The summed E-state index contributed by atoms with van der Waals surface area (Å²) in [5.41, 5.74) is 5.60. The molecular weight excluding hydrogens is 291 g/mol. The third-order valence-corrected chi connectivity index (χ3v) is 3.70. The standard InChI is InChI=1S/C16H18ClFN2O/c1-10-3-5-12(16(7-10)21-2)15(20-19)9-11-4-6-13(17)14(18)8-11/h3-8,15,20H,9,19H2,1-2H3. The van der Waals surface area contributed by atoms with E-state index in [4.69, 9.17) is 22.2 Å². The first-order valence-electron chi connectivity index (χ1n) is 6.59. The van der Waals surface area contributed by atoms with Crippen LogP contribution in [0.5, 0.6) is 5.75 Å². The Morgan fingerprint density at radius 1 is 1.29 bits per heavy atom. The summed E-state index contributed by atoms with van der Waals surface area (Å²) in [6.07, 6.45) is 0.532. The van der Waals surface area contributed by atoms with Crippen LogP contribution in [0.3, 0.4) is 0 Å². The molecule has 0 saturated carbocycles. The van der Waals surface area contributed by atoms with Gasteiger partial charge in [0.25, 0.3) is 0 Å². The molecule has 2 rings (SSSR count). The summed E-state index contributed by atoms with van der Waals surface area (Å²) in [5.74, 6) is 5.98. The predicted octanol–water partition coefficient (Wildman–Crippen LogP) is 3.54. The van der Waals surface area contributed by atoms with Crippen LogP contribution in [0.15, 0.2) is 36.4 Å². The van der Waals surface area contributed by atoms with Crippen molar-refractivity contribution in [2.75, 3.05) is 7.11 Å². The number of halogens is 2. The van der Waals surface area contributed by atoms with E-state index in [1.807, 2.05) is 25.1 Å². The van der Waals surface area contributed by atoms with Gasteiger partial charge in [0.15, 0.2) is 0 Å². The van der Waals surface area contributed by atoms with E-state index in [1.165, 1.54) is 6.07 Å². The first kappa shape index (κ1) is 15.8. The first-order valence-corrected chi connectivity index (χ1v) is 6.97. The second-order valence-electron chi connectivity index (χ2n) is 4.92. The van der Waals surface area contributed by atoms with Gasteiger partial charge in [0, 0.05) is 5.56 Å². The number of hydrogen-bond donors (Lipinski definition) is 2. The Bertz CT molecular complexity index is 634. The molecule has 0 bridgehead atoms. The normalized spacial score (nSPS) is 12.2. The van der Waals surface area contributed by atoms with Gasteiger partial charge in [0.05, 0.1) is 18.2 Å². The summed E-state index contributed by atoms with van der Waals surface area (Å²) < 4.78 is 18.9. The van der Waals surface area contributed by atoms with Crippen LogP contribution in [0.25, 0.3) is 0 Å². The molecule has 5 heteroatoms. The average molecular weight is 309 g/mol. The number of hydrogen-bond acceptors (Lipinski definition) is 3. The lowest BCUT2D eigenvalue weighted by atomic mass is 9.97. The largest absolute Gasteiger partial charge is 0.496 e. The van der Waals surface area contributed by atoms with Crippen molar-refractivity contribution >= 4 is 11.6 Å². The molecule has 0 amide bonds. The number of rotatable bonds is 5. The number of nitrogens with two attached hydrogens (primary N) is 1. The smallest absolute Gasteiger partial charge is 0.142 e. The Hall–Kier alpha value is -1.62. The van der Waals surface area contributed by atoms with Crippen molar-refractivity contribution < 1.29 is 9.13 Å². The van der Waals surface area contributed by atoms with Crippen molar-refractivity contribution in [1.29, 1.82) is 0 Å². The van der Waals surface area contributed by atoms with Crippen LogP contribution >= 0.6 is 11.6 Å². The first-order chi connectivity index (χ1) is 10.0. The van der Waals surface area contributed by atoms with E-state index in [9.17, 15) is 4.39 Å². The summed E-state index contributed by atoms with van der Waals surface area (Å²) in [6.45, 7) is 1.99. The van der Waals surface area contributed by atoms with Crippen LogP contribution in [0.1, 0.15) is 22.7 Å². The van der Waals surface area contributed by atoms with Gasteiger partial charge >= 0.3 is 0 Å². The Morgan fingerprint density at radius 3 is 2.67 bits per heavy atom. The van der Waals surface area contributed by atoms with Gasteiger partial charge in [0.2, 0.25) is 0 Å². The summed E-state index contributed by atoms with van der Waals surface area (Å²) in [5, 5.41) is 0.115. The fourth-order valence-corrected chi connectivity index (χ4v) is 2.38. The maximum absolute atomic E-state index is 13.5. The fourth-order valence-electron chi connectivity index (χ4n) is 2.27. The van der Waals surface area contributed by atoms with Gasteiger partial charge in [-0.05, 0) is 42.7 Å². The Labute approximate surface area is 128 Å². The molecule has 0 aliphatic rings. The van der Waals surface area contributed by atoms with E-state index in [-0.39, 0.29) is 11.1 Å². The number of ether oxygens (including phenoxy) is 1. The lowest BCUT2D eigenvalue weighted by Gasteiger charge is -2.20. The molecule has 0 heterocycles. The molecule has 21 heavy (non-hydrogen) atoms. The van der Waals surface area contributed by atoms with E-state index >= 15 is 0 Å². The van der Waals surface area contributed by atoms with Crippen LogP contribution in [0, 0.1) is 12.7 Å². The number of hydrazine groups is 1. The molecule has 0 spiro atoms. The van der Waals surface area contributed by atoms with Crippen molar-refractivity contribution in [2.24, 2.45) is 5.84 Å². The van der Waals surface area contributed by atoms with Crippen LogP contribution < -0.4 is 16.0 Å². The lowest BCUT2D eigenvalue weighted by Crippen LogP contribution is -2.30. The number of benzene rings is 2. The molecule has 1 atom stereocenters. The number of methoxy groups -OCH3 is 1. The average Bonchev–Trinajstić information content (AvgIpc) is 2.48. The highest BCUT2D eigenvalue weighted by Crippen LogP contribution is 2.29.